The summed E-state index contributed by atoms with van der Waals surface area (Å²) < 4.78 is 10.8. The van der Waals surface area contributed by atoms with E-state index in [0.29, 0.717) is 43.6 Å². The highest BCUT2D eigenvalue weighted by molar-refractivity contribution is 6.00. The van der Waals surface area contributed by atoms with Crippen molar-refractivity contribution >= 4 is 17.3 Å². The van der Waals surface area contributed by atoms with Gasteiger partial charge in [-0.1, -0.05) is 0 Å². The SMILES string of the molecule is Cc1nc(CNC(=O)c2cc([N+](=O)[O-])ccc2N2CCOCC2)oc1C. The van der Waals surface area contributed by atoms with Crippen LogP contribution in [-0.4, -0.2) is 42.1 Å². The summed E-state index contributed by atoms with van der Waals surface area (Å²) in [5.74, 6) is 0.675. The Balaban J connectivity index is 1.83. The number of aryl methyl sites for hydroxylation is 2. The molecule has 1 aromatic heterocycles. The second kappa shape index (κ2) is 7.52. The number of hydrogen-bond acceptors (Lipinski definition) is 7. The molecule has 2 aromatic rings. The number of nitro groups is 1. The van der Waals surface area contributed by atoms with Gasteiger partial charge in [0, 0.05) is 25.2 Å². The van der Waals surface area contributed by atoms with E-state index in [1.54, 1.807) is 13.0 Å². The van der Waals surface area contributed by atoms with Crippen molar-refractivity contribution in [3.8, 4) is 0 Å². The second-order valence-electron chi connectivity index (χ2n) is 5.99. The van der Waals surface area contributed by atoms with E-state index in [-0.39, 0.29) is 17.8 Å². The monoisotopic (exact) mass is 360 g/mol. The molecule has 138 valence electrons. The number of aromatic nitrogens is 1. The van der Waals surface area contributed by atoms with Gasteiger partial charge in [-0.3, -0.25) is 14.9 Å². The molecule has 26 heavy (non-hydrogen) atoms. The number of carbonyl (C=O) groups excluding carboxylic acids is 1. The highest BCUT2D eigenvalue weighted by Crippen LogP contribution is 2.26. The van der Waals surface area contributed by atoms with E-state index < -0.39 is 10.8 Å². The third-order valence-electron chi connectivity index (χ3n) is 4.26. The van der Waals surface area contributed by atoms with Gasteiger partial charge in [-0.05, 0) is 19.9 Å². The number of ether oxygens (including phenoxy) is 1. The number of rotatable bonds is 5. The summed E-state index contributed by atoms with van der Waals surface area (Å²) in [5, 5.41) is 13.8. The molecule has 1 saturated heterocycles. The molecule has 0 saturated carbocycles. The van der Waals surface area contributed by atoms with Crippen molar-refractivity contribution in [1.29, 1.82) is 0 Å². The molecule has 1 fully saturated rings. The molecule has 0 aliphatic carbocycles. The number of nitrogens with one attached hydrogen (secondary N) is 1. The molecule has 0 bridgehead atoms. The quantitative estimate of drug-likeness (QED) is 0.641. The summed E-state index contributed by atoms with van der Waals surface area (Å²) in [5.41, 5.74) is 1.53. The van der Waals surface area contributed by atoms with Crippen LogP contribution in [0.4, 0.5) is 11.4 Å². The zero-order valence-electron chi connectivity index (χ0n) is 14.7. The summed E-state index contributed by atoms with van der Waals surface area (Å²) in [6.45, 7) is 6.07. The summed E-state index contributed by atoms with van der Waals surface area (Å²) in [6.07, 6.45) is 0. The van der Waals surface area contributed by atoms with Gasteiger partial charge in [-0.2, -0.15) is 0 Å². The van der Waals surface area contributed by atoms with Crippen LogP contribution in [0.5, 0.6) is 0 Å². The fourth-order valence-electron chi connectivity index (χ4n) is 2.77. The van der Waals surface area contributed by atoms with Gasteiger partial charge < -0.3 is 19.4 Å². The summed E-state index contributed by atoms with van der Waals surface area (Å²) in [4.78, 5) is 29.5. The molecule has 1 N–H and O–H groups in total. The number of morpholine rings is 1. The number of nitrogens with zero attached hydrogens (tertiary/aromatic N) is 3. The number of anilines is 1. The highest BCUT2D eigenvalue weighted by Gasteiger charge is 2.22. The predicted molar refractivity (Wildman–Crippen MR) is 93.3 cm³/mol. The van der Waals surface area contributed by atoms with Gasteiger partial charge in [0.1, 0.15) is 5.76 Å². The topological polar surface area (TPSA) is 111 Å². The van der Waals surface area contributed by atoms with E-state index in [9.17, 15) is 14.9 Å². The van der Waals surface area contributed by atoms with Gasteiger partial charge >= 0.3 is 0 Å². The highest BCUT2D eigenvalue weighted by atomic mass is 16.6. The minimum absolute atomic E-state index is 0.110. The van der Waals surface area contributed by atoms with Crippen LogP contribution in [0.3, 0.4) is 0 Å². The van der Waals surface area contributed by atoms with Gasteiger partial charge in [0.15, 0.2) is 0 Å². The molecule has 0 atom stereocenters. The number of oxazole rings is 1. The molecule has 0 spiro atoms. The minimum atomic E-state index is -0.513. The van der Waals surface area contributed by atoms with E-state index in [0.717, 1.165) is 5.69 Å². The van der Waals surface area contributed by atoms with Crippen LogP contribution < -0.4 is 10.2 Å². The minimum Gasteiger partial charge on any atom is -0.444 e. The lowest BCUT2D eigenvalue weighted by Gasteiger charge is -2.30. The van der Waals surface area contributed by atoms with E-state index in [1.807, 2.05) is 11.8 Å². The molecule has 9 heteroatoms. The maximum absolute atomic E-state index is 12.7. The van der Waals surface area contributed by atoms with E-state index in [2.05, 4.69) is 10.3 Å². The maximum atomic E-state index is 12.7. The molecule has 0 unspecified atom stereocenters. The van der Waals surface area contributed by atoms with Crippen LogP contribution in [0, 0.1) is 24.0 Å². The van der Waals surface area contributed by atoms with Crippen molar-refractivity contribution in [2.45, 2.75) is 20.4 Å². The van der Waals surface area contributed by atoms with Crippen LogP contribution in [0.25, 0.3) is 0 Å². The Hall–Kier alpha value is -2.94. The zero-order valence-corrected chi connectivity index (χ0v) is 14.7. The lowest BCUT2D eigenvalue weighted by Crippen LogP contribution is -2.38. The average molecular weight is 360 g/mol. The number of hydrogen-bond donors (Lipinski definition) is 1. The summed E-state index contributed by atoms with van der Waals surface area (Å²) >= 11 is 0. The third-order valence-corrected chi connectivity index (χ3v) is 4.26. The van der Waals surface area contributed by atoms with Gasteiger partial charge in [0.05, 0.1) is 41.6 Å². The zero-order chi connectivity index (χ0) is 18.7. The van der Waals surface area contributed by atoms with Crippen LogP contribution in [0.15, 0.2) is 22.6 Å². The smallest absolute Gasteiger partial charge is 0.270 e. The van der Waals surface area contributed by atoms with Gasteiger partial charge in [0.2, 0.25) is 5.89 Å². The summed E-state index contributed by atoms with van der Waals surface area (Å²) in [7, 11) is 0. The van der Waals surface area contributed by atoms with Gasteiger partial charge in [-0.15, -0.1) is 0 Å². The molecule has 1 aliphatic heterocycles. The molecule has 2 heterocycles. The van der Waals surface area contributed by atoms with Crippen LogP contribution in [0.1, 0.15) is 27.7 Å². The van der Waals surface area contributed by atoms with Crippen LogP contribution >= 0.6 is 0 Å². The molecule has 0 radical (unpaired) electrons. The van der Waals surface area contributed by atoms with Crippen molar-refractivity contribution in [2.75, 3.05) is 31.2 Å². The summed E-state index contributed by atoms with van der Waals surface area (Å²) in [6, 6.07) is 4.31. The number of amides is 1. The number of benzene rings is 1. The Morgan fingerprint density at radius 2 is 2.08 bits per heavy atom. The molecular formula is C17H20N4O5. The molecule has 9 nitrogen and oxygen atoms in total. The lowest BCUT2D eigenvalue weighted by atomic mass is 10.1. The maximum Gasteiger partial charge on any atom is 0.270 e. The number of carbonyl (C=O) groups is 1. The Morgan fingerprint density at radius 1 is 1.35 bits per heavy atom. The predicted octanol–water partition coefficient (Wildman–Crippen LogP) is 1.97. The van der Waals surface area contributed by atoms with Gasteiger partial charge in [0.25, 0.3) is 11.6 Å². The second-order valence-corrected chi connectivity index (χ2v) is 5.99. The Labute approximate surface area is 150 Å². The first-order valence-electron chi connectivity index (χ1n) is 8.28. The van der Waals surface area contributed by atoms with Crippen LogP contribution in [0.2, 0.25) is 0 Å². The van der Waals surface area contributed by atoms with Gasteiger partial charge in [-0.25, -0.2) is 4.98 Å². The average Bonchev–Trinajstić information content (AvgIpc) is 2.97. The Morgan fingerprint density at radius 3 is 2.69 bits per heavy atom. The van der Waals surface area contributed by atoms with Crippen LogP contribution in [-0.2, 0) is 11.3 Å². The normalized spacial score (nSPS) is 14.3. The molecule has 1 aromatic carbocycles. The van der Waals surface area contributed by atoms with E-state index in [1.165, 1.54) is 12.1 Å². The molecule has 1 aliphatic rings. The van der Waals surface area contributed by atoms with E-state index in [4.69, 9.17) is 9.15 Å². The van der Waals surface area contributed by atoms with Crippen molar-refractivity contribution in [3.05, 3.63) is 51.2 Å². The first-order valence-corrected chi connectivity index (χ1v) is 8.28. The van der Waals surface area contributed by atoms with Crippen molar-refractivity contribution < 1.29 is 18.9 Å². The first-order chi connectivity index (χ1) is 12.5. The number of nitro benzene ring substituents is 1. The molecule has 3 rings (SSSR count). The largest absolute Gasteiger partial charge is 0.444 e. The number of non-ortho nitro benzene ring substituents is 1. The first kappa shape index (κ1) is 17.9. The fraction of sp³-hybridized carbons (Fsp3) is 0.412. The third kappa shape index (κ3) is 3.83. The lowest BCUT2D eigenvalue weighted by molar-refractivity contribution is -0.384. The molecule has 1 amide bonds. The standard InChI is InChI=1S/C17H20N4O5/c1-11-12(2)26-16(19-11)10-18-17(22)14-9-13(21(23)24)3-4-15(14)20-5-7-25-8-6-20/h3-4,9H,5-8,10H2,1-2H3,(H,18,22). The van der Waals surface area contributed by atoms with E-state index >= 15 is 0 Å². The van der Waals surface area contributed by atoms with Crippen molar-refractivity contribution in [2.24, 2.45) is 0 Å². The van der Waals surface area contributed by atoms with Crippen molar-refractivity contribution in [1.82, 2.24) is 10.3 Å². The Bertz CT molecular complexity index is 807. The molecular weight excluding hydrogens is 340 g/mol. The Kier molecular flexibility index (Phi) is 5.17. The fourth-order valence-corrected chi connectivity index (χ4v) is 2.77. The van der Waals surface area contributed by atoms with Crippen molar-refractivity contribution in [3.63, 3.8) is 0 Å².